The predicted molar refractivity (Wildman–Crippen MR) is 82.1 cm³/mol. The standard InChI is InChI=1S/C17H26N2O/c1-19-11-9-15(10-12-19)18-17(13-3-4-13)14-5-7-16(20-2)8-6-14/h5-8,13,15,17-18H,3-4,9-12H2,1-2H3. The van der Waals surface area contributed by atoms with Crippen LogP contribution in [0.15, 0.2) is 24.3 Å². The number of piperidine rings is 1. The second-order valence-corrected chi connectivity index (χ2v) is 6.33. The number of benzene rings is 1. The summed E-state index contributed by atoms with van der Waals surface area (Å²) < 4.78 is 5.26. The molecule has 3 nitrogen and oxygen atoms in total. The topological polar surface area (TPSA) is 24.5 Å². The van der Waals surface area contributed by atoms with Gasteiger partial charge in [0.05, 0.1) is 7.11 Å². The fraction of sp³-hybridized carbons (Fsp3) is 0.647. The molecule has 1 atom stereocenters. The van der Waals surface area contributed by atoms with Gasteiger partial charge in [0, 0.05) is 12.1 Å². The van der Waals surface area contributed by atoms with Gasteiger partial charge in [0.2, 0.25) is 0 Å². The maximum atomic E-state index is 5.26. The minimum absolute atomic E-state index is 0.536. The van der Waals surface area contributed by atoms with Gasteiger partial charge in [-0.05, 0) is 69.4 Å². The van der Waals surface area contributed by atoms with Crippen LogP contribution in [0, 0.1) is 5.92 Å². The van der Waals surface area contributed by atoms with Gasteiger partial charge in [-0.15, -0.1) is 0 Å². The van der Waals surface area contributed by atoms with Crippen LogP contribution >= 0.6 is 0 Å². The minimum Gasteiger partial charge on any atom is -0.497 e. The third-order valence-electron chi connectivity index (χ3n) is 4.70. The smallest absolute Gasteiger partial charge is 0.118 e. The van der Waals surface area contributed by atoms with Crippen molar-refractivity contribution in [2.45, 2.75) is 37.8 Å². The molecule has 3 rings (SSSR count). The van der Waals surface area contributed by atoms with E-state index in [2.05, 4.69) is 41.5 Å². The summed E-state index contributed by atoms with van der Waals surface area (Å²) >= 11 is 0. The highest BCUT2D eigenvalue weighted by molar-refractivity contribution is 5.30. The van der Waals surface area contributed by atoms with E-state index in [-0.39, 0.29) is 0 Å². The van der Waals surface area contributed by atoms with E-state index in [0.29, 0.717) is 12.1 Å². The average molecular weight is 274 g/mol. The highest BCUT2D eigenvalue weighted by Gasteiger charge is 2.34. The molecular formula is C17H26N2O. The summed E-state index contributed by atoms with van der Waals surface area (Å²) in [5.74, 6) is 1.78. The van der Waals surface area contributed by atoms with Crippen molar-refractivity contribution in [1.29, 1.82) is 0 Å². The Hall–Kier alpha value is -1.06. The van der Waals surface area contributed by atoms with Gasteiger partial charge in [-0.1, -0.05) is 12.1 Å². The Labute approximate surface area is 122 Å². The summed E-state index contributed by atoms with van der Waals surface area (Å²) in [7, 11) is 3.95. The van der Waals surface area contributed by atoms with Gasteiger partial charge >= 0.3 is 0 Å². The van der Waals surface area contributed by atoms with Crippen LogP contribution in [-0.4, -0.2) is 38.2 Å². The molecule has 20 heavy (non-hydrogen) atoms. The first-order valence-electron chi connectivity index (χ1n) is 7.85. The number of likely N-dealkylation sites (tertiary alicyclic amines) is 1. The van der Waals surface area contributed by atoms with Gasteiger partial charge < -0.3 is 15.0 Å². The molecule has 1 saturated carbocycles. The first kappa shape index (κ1) is 13.9. The summed E-state index contributed by atoms with van der Waals surface area (Å²) in [5.41, 5.74) is 1.42. The van der Waals surface area contributed by atoms with Gasteiger partial charge in [0.25, 0.3) is 0 Å². The van der Waals surface area contributed by atoms with Crippen molar-refractivity contribution in [2.75, 3.05) is 27.2 Å². The van der Waals surface area contributed by atoms with Crippen LogP contribution in [0.3, 0.4) is 0 Å². The molecule has 1 aromatic rings. The van der Waals surface area contributed by atoms with Crippen molar-refractivity contribution < 1.29 is 4.74 Å². The van der Waals surface area contributed by atoms with Gasteiger partial charge in [0.1, 0.15) is 5.75 Å². The van der Waals surface area contributed by atoms with Crippen molar-refractivity contribution in [3.05, 3.63) is 29.8 Å². The number of nitrogens with one attached hydrogen (secondary N) is 1. The highest BCUT2D eigenvalue weighted by atomic mass is 16.5. The third kappa shape index (κ3) is 3.33. The van der Waals surface area contributed by atoms with E-state index >= 15 is 0 Å². The first-order chi connectivity index (χ1) is 9.76. The molecule has 1 unspecified atom stereocenters. The number of hydrogen-bond donors (Lipinski definition) is 1. The Bertz CT molecular complexity index is 419. The Morgan fingerprint density at radius 1 is 1.10 bits per heavy atom. The normalized spacial score (nSPS) is 22.7. The zero-order valence-electron chi connectivity index (χ0n) is 12.6. The Balaban J connectivity index is 1.65. The van der Waals surface area contributed by atoms with Crippen LogP contribution in [0.1, 0.15) is 37.3 Å². The number of nitrogens with zero attached hydrogens (tertiary/aromatic N) is 1. The lowest BCUT2D eigenvalue weighted by molar-refractivity contribution is 0.220. The highest BCUT2D eigenvalue weighted by Crippen LogP contribution is 2.41. The molecule has 0 aromatic heterocycles. The quantitative estimate of drug-likeness (QED) is 0.893. The second kappa shape index (κ2) is 6.15. The lowest BCUT2D eigenvalue weighted by Gasteiger charge is -2.33. The molecular weight excluding hydrogens is 248 g/mol. The van der Waals surface area contributed by atoms with E-state index in [4.69, 9.17) is 4.74 Å². The van der Waals surface area contributed by atoms with Crippen LogP contribution in [0.2, 0.25) is 0 Å². The Morgan fingerprint density at radius 3 is 2.30 bits per heavy atom. The molecule has 1 saturated heterocycles. The molecule has 0 bridgehead atoms. The van der Waals surface area contributed by atoms with E-state index in [0.717, 1.165) is 11.7 Å². The molecule has 1 aromatic carbocycles. The van der Waals surface area contributed by atoms with Crippen molar-refractivity contribution in [3.63, 3.8) is 0 Å². The fourth-order valence-electron chi connectivity index (χ4n) is 3.17. The van der Waals surface area contributed by atoms with Gasteiger partial charge in [0.15, 0.2) is 0 Å². The monoisotopic (exact) mass is 274 g/mol. The molecule has 1 N–H and O–H groups in total. The van der Waals surface area contributed by atoms with Crippen LogP contribution < -0.4 is 10.1 Å². The maximum Gasteiger partial charge on any atom is 0.118 e. The van der Waals surface area contributed by atoms with Crippen LogP contribution in [0.25, 0.3) is 0 Å². The number of rotatable bonds is 5. The lowest BCUT2D eigenvalue weighted by atomic mass is 9.98. The summed E-state index contributed by atoms with van der Waals surface area (Å²) in [6.45, 7) is 2.44. The van der Waals surface area contributed by atoms with Gasteiger partial charge in [-0.25, -0.2) is 0 Å². The van der Waals surface area contributed by atoms with Gasteiger partial charge in [-0.3, -0.25) is 0 Å². The number of methoxy groups -OCH3 is 1. The molecule has 0 amide bonds. The molecule has 1 aliphatic heterocycles. The SMILES string of the molecule is COc1ccc(C(NC2CCN(C)CC2)C2CC2)cc1. The Morgan fingerprint density at radius 2 is 1.75 bits per heavy atom. The molecule has 1 heterocycles. The van der Waals surface area contributed by atoms with E-state index in [9.17, 15) is 0 Å². The zero-order valence-corrected chi connectivity index (χ0v) is 12.6. The number of hydrogen-bond acceptors (Lipinski definition) is 3. The fourth-order valence-corrected chi connectivity index (χ4v) is 3.17. The molecule has 0 spiro atoms. The van der Waals surface area contributed by atoms with Crippen LogP contribution in [0.5, 0.6) is 5.75 Å². The maximum absolute atomic E-state index is 5.26. The number of ether oxygens (including phenoxy) is 1. The predicted octanol–water partition coefficient (Wildman–Crippen LogP) is 2.83. The zero-order chi connectivity index (χ0) is 13.9. The molecule has 1 aliphatic carbocycles. The molecule has 2 fully saturated rings. The summed E-state index contributed by atoms with van der Waals surface area (Å²) in [4.78, 5) is 2.43. The van der Waals surface area contributed by atoms with Crippen LogP contribution in [0.4, 0.5) is 0 Å². The van der Waals surface area contributed by atoms with Crippen LogP contribution in [-0.2, 0) is 0 Å². The third-order valence-corrected chi connectivity index (χ3v) is 4.70. The van der Waals surface area contributed by atoms with E-state index in [1.807, 2.05) is 0 Å². The van der Waals surface area contributed by atoms with Crippen molar-refractivity contribution in [2.24, 2.45) is 5.92 Å². The van der Waals surface area contributed by atoms with E-state index in [1.54, 1.807) is 7.11 Å². The minimum atomic E-state index is 0.536. The average Bonchev–Trinajstić information content (AvgIpc) is 3.31. The molecule has 3 heteroatoms. The van der Waals surface area contributed by atoms with Crippen molar-refractivity contribution in [3.8, 4) is 5.75 Å². The largest absolute Gasteiger partial charge is 0.497 e. The van der Waals surface area contributed by atoms with Gasteiger partial charge in [-0.2, -0.15) is 0 Å². The second-order valence-electron chi connectivity index (χ2n) is 6.33. The molecule has 2 aliphatic rings. The lowest BCUT2D eigenvalue weighted by Crippen LogP contribution is -2.42. The summed E-state index contributed by atoms with van der Waals surface area (Å²) in [5, 5.41) is 3.92. The Kier molecular flexibility index (Phi) is 4.27. The molecule has 0 radical (unpaired) electrons. The summed E-state index contributed by atoms with van der Waals surface area (Å²) in [6, 6.07) is 9.84. The summed E-state index contributed by atoms with van der Waals surface area (Å²) in [6.07, 6.45) is 5.29. The van der Waals surface area contributed by atoms with Crippen molar-refractivity contribution in [1.82, 2.24) is 10.2 Å². The van der Waals surface area contributed by atoms with E-state index in [1.165, 1.54) is 44.3 Å². The van der Waals surface area contributed by atoms with E-state index < -0.39 is 0 Å². The first-order valence-corrected chi connectivity index (χ1v) is 7.85. The van der Waals surface area contributed by atoms with Crippen molar-refractivity contribution >= 4 is 0 Å². The molecule has 110 valence electrons.